The van der Waals surface area contributed by atoms with Crippen LogP contribution in [0.2, 0.25) is 0 Å². The topological polar surface area (TPSA) is 44.8 Å². The van der Waals surface area contributed by atoms with Crippen molar-refractivity contribution in [2.75, 3.05) is 0 Å². The molecule has 164 valence electrons. The third-order valence-electron chi connectivity index (χ3n) is 3.96. The maximum atomic E-state index is 14.4. The third kappa shape index (κ3) is 5.62. The van der Waals surface area contributed by atoms with Gasteiger partial charge in [-0.3, -0.25) is 4.52 Å². The van der Waals surface area contributed by atoms with Crippen molar-refractivity contribution in [1.82, 2.24) is 0 Å². The molecule has 3 rings (SSSR count). The van der Waals surface area contributed by atoms with Crippen molar-refractivity contribution in [2.24, 2.45) is 0 Å². The standard InChI is InChI=1S/C21H16F5O4P/c22-20(23,21(24,25)26)19(16-10-4-1-5-11-16)30-31(27,28-17-12-6-2-7-13-17)29-18-14-8-3-9-15-18/h1-15,19H/t19-/m1/s1. The summed E-state index contributed by atoms with van der Waals surface area (Å²) in [6.45, 7) is 0. The van der Waals surface area contributed by atoms with E-state index in [2.05, 4.69) is 0 Å². The molecular formula is C21H16F5O4P. The monoisotopic (exact) mass is 458 g/mol. The Morgan fingerprint density at radius 1 is 0.645 bits per heavy atom. The lowest BCUT2D eigenvalue weighted by atomic mass is 10.0. The van der Waals surface area contributed by atoms with Gasteiger partial charge in [-0.15, -0.1) is 0 Å². The molecule has 0 aliphatic rings. The van der Waals surface area contributed by atoms with Crippen LogP contribution in [0.3, 0.4) is 0 Å². The van der Waals surface area contributed by atoms with Crippen LogP contribution in [-0.2, 0) is 9.09 Å². The summed E-state index contributed by atoms with van der Waals surface area (Å²) in [7, 11) is -5.03. The summed E-state index contributed by atoms with van der Waals surface area (Å²) < 4.78 is 97.0. The molecule has 3 aromatic carbocycles. The fraction of sp³-hybridized carbons (Fsp3) is 0.143. The van der Waals surface area contributed by atoms with Crippen LogP contribution in [0.4, 0.5) is 22.0 Å². The Bertz CT molecular complexity index is 969. The molecule has 10 heteroatoms. The number of hydrogen-bond acceptors (Lipinski definition) is 4. The summed E-state index contributed by atoms with van der Waals surface area (Å²) in [5.41, 5.74) is -0.557. The lowest BCUT2D eigenvalue weighted by molar-refractivity contribution is -0.312. The molecule has 0 fully saturated rings. The number of para-hydroxylation sites is 2. The molecule has 0 radical (unpaired) electrons. The molecule has 3 aromatic rings. The Morgan fingerprint density at radius 2 is 1.03 bits per heavy atom. The summed E-state index contributed by atoms with van der Waals surface area (Å²) in [6.07, 6.45) is -8.98. The molecule has 1 atom stereocenters. The van der Waals surface area contributed by atoms with E-state index < -0.39 is 31.6 Å². The molecule has 4 nitrogen and oxygen atoms in total. The SMILES string of the molecule is O=P(Oc1ccccc1)(Oc1ccccc1)O[C@H](c1ccccc1)C(F)(F)C(F)(F)F. The van der Waals surface area contributed by atoms with E-state index in [1.165, 1.54) is 66.7 Å². The van der Waals surface area contributed by atoms with Gasteiger partial charge in [-0.2, -0.15) is 22.0 Å². The van der Waals surface area contributed by atoms with E-state index >= 15 is 0 Å². The summed E-state index contributed by atoms with van der Waals surface area (Å²) >= 11 is 0. The van der Waals surface area contributed by atoms with Crippen LogP contribution >= 0.6 is 7.82 Å². The van der Waals surface area contributed by atoms with Gasteiger partial charge in [0.15, 0.2) is 6.10 Å². The number of benzene rings is 3. The average molecular weight is 458 g/mol. The first-order chi connectivity index (χ1) is 14.6. The number of halogens is 5. The van der Waals surface area contributed by atoms with Gasteiger partial charge in [0.05, 0.1) is 0 Å². The van der Waals surface area contributed by atoms with Crippen LogP contribution in [0.15, 0.2) is 91.0 Å². The van der Waals surface area contributed by atoms with Gasteiger partial charge in [0, 0.05) is 0 Å². The fourth-order valence-electron chi connectivity index (χ4n) is 2.52. The molecule has 0 unspecified atom stereocenters. The first-order valence-corrected chi connectivity index (χ1v) is 10.3. The highest BCUT2D eigenvalue weighted by molar-refractivity contribution is 7.49. The maximum absolute atomic E-state index is 14.4. The van der Waals surface area contributed by atoms with Crippen molar-refractivity contribution in [3.8, 4) is 11.5 Å². The highest BCUT2D eigenvalue weighted by Gasteiger charge is 2.65. The minimum Gasteiger partial charge on any atom is -0.395 e. The van der Waals surface area contributed by atoms with Crippen LogP contribution < -0.4 is 9.05 Å². The smallest absolute Gasteiger partial charge is 0.395 e. The van der Waals surface area contributed by atoms with E-state index in [-0.39, 0.29) is 11.5 Å². The van der Waals surface area contributed by atoms with Gasteiger partial charge in [0.1, 0.15) is 11.5 Å². The molecule has 0 heterocycles. The van der Waals surface area contributed by atoms with Gasteiger partial charge < -0.3 is 9.05 Å². The van der Waals surface area contributed by atoms with Crippen LogP contribution in [-0.4, -0.2) is 12.1 Å². The van der Waals surface area contributed by atoms with E-state index in [1.807, 2.05) is 0 Å². The predicted octanol–water partition coefficient (Wildman–Crippen LogP) is 7.21. The van der Waals surface area contributed by atoms with Crippen molar-refractivity contribution in [3.63, 3.8) is 0 Å². The van der Waals surface area contributed by atoms with Crippen molar-refractivity contribution in [2.45, 2.75) is 18.2 Å². The molecule has 0 aliphatic carbocycles. The minimum atomic E-state index is -5.99. The van der Waals surface area contributed by atoms with Crippen molar-refractivity contribution in [3.05, 3.63) is 96.6 Å². The maximum Gasteiger partial charge on any atom is 0.588 e. The second-order valence-corrected chi connectivity index (χ2v) is 7.74. The number of phosphoric ester groups is 1. The molecule has 0 aromatic heterocycles. The van der Waals surface area contributed by atoms with Crippen molar-refractivity contribution in [1.29, 1.82) is 0 Å². The molecular weight excluding hydrogens is 442 g/mol. The van der Waals surface area contributed by atoms with E-state index in [9.17, 15) is 26.5 Å². The summed E-state index contributed by atoms with van der Waals surface area (Å²) in [5, 5.41) is 0. The van der Waals surface area contributed by atoms with Gasteiger partial charge >= 0.3 is 19.9 Å². The first-order valence-electron chi connectivity index (χ1n) is 8.88. The number of hydrogen-bond donors (Lipinski definition) is 0. The minimum absolute atomic E-state index is 0.107. The van der Waals surface area contributed by atoms with Crippen molar-refractivity contribution >= 4 is 7.82 Å². The van der Waals surface area contributed by atoms with Crippen LogP contribution in [0.5, 0.6) is 11.5 Å². The van der Waals surface area contributed by atoms with E-state index in [4.69, 9.17) is 13.6 Å². The lowest BCUT2D eigenvalue weighted by Gasteiger charge is -2.31. The van der Waals surface area contributed by atoms with Gasteiger partial charge in [-0.05, 0) is 29.8 Å². The Kier molecular flexibility index (Phi) is 6.67. The first kappa shape index (κ1) is 22.8. The number of phosphoric acid groups is 1. The van der Waals surface area contributed by atoms with Gasteiger partial charge in [-0.25, -0.2) is 4.57 Å². The van der Waals surface area contributed by atoms with Gasteiger partial charge in [0.25, 0.3) is 0 Å². The second-order valence-electron chi connectivity index (χ2n) is 6.27. The summed E-state index contributed by atoms with van der Waals surface area (Å²) in [4.78, 5) is 0. The molecule has 0 saturated carbocycles. The molecule has 31 heavy (non-hydrogen) atoms. The second kappa shape index (κ2) is 9.08. The average Bonchev–Trinajstić information content (AvgIpc) is 2.73. The zero-order valence-corrected chi connectivity index (χ0v) is 16.6. The normalized spacial score (nSPS) is 13.5. The Labute approximate surface area is 174 Å². The fourth-order valence-corrected chi connectivity index (χ4v) is 3.92. The Balaban J connectivity index is 2.04. The summed E-state index contributed by atoms with van der Waals surface area (Å²) in [5.74, 6) is -5.61. The van der Waals surface area contributed by atoms with Crippen LogP contribution in [0.25, 0.3) is 0 Å². The number of alkyl halides is 5. The molecule has 0 N–H and O–H groups in total. The highest BCUT2D eigenvalue weighted by atomic mass is 31.2. The van der Waals surface area contributed by atoms with Crippen LogP contribution in [0.1, 0.15) is 11.7 Å². The lowest BCUT2D eigenvalue weighted by Crippen LogP contribution is -2.43. The zero-order valence-electron chi connectivity index (χ0n) is 15.7. The molecule has 0 saturated heterocycles. The molecule has 0 spiro atoms. The quantitative estimate of drug-likeness (QED) is 0.264. The Morgan fingerprint density at radius 3 is 1.42 bits per heavy atom. The zero-order chi connectivity index (χ0) is 22.5. The highest BCUT2D eigenvalue weighted by Crippen LogP contribution is 2.58. The van der Waals surface area contributed by atoms with Gasteiger partial charge in [-0.1, -0.05) is 66.7 Å². The molecule has 0 aliphatic heterocycles. The molecule has 0 bridgehead atoms. The van der Waals surface area contributed by atoms with E-state index in [1.54, 1.807) is 12.1 Å². The molecule has 0 amide bonds. The predicted molar refractivity (Wildman–Crippen MR) is 103 cm³/mol. The number of rotatable bonds is 8. The summed E-state index contributed by atoms with van der Waals surface area (Å²) in [6, 6.07) is 20.4. The van der Waals surface area contributed by atoms with Crippen molar-refractivity contribution < 1.29 is 40.1 Å². The van der Waals surface area contributed by atoms with Gasteiger partial charge in [0.2, 0.25) is 0 Å². The Hall–Kier alpha value is -2.90. The van der Waals surface area contributed by atoms with Crippen LogP contribution in [0, 0.1) is 0 Å². The van der Waals surface area contributed by atoms with E-state index in [0.717, 1.165) is 12.1 Å². The van der Waals surface area contributed by atoms with E-state index in [0.29, 0.717) is 0 Å². The third-order valence-corrected chi connectivity index (χ3v) is 5.30. The largest absolute Gasteiger partial charge is 0.588 e.